The van der Waals surface area contributed by atoms with Crippen molar-refractivity contribution in [2.45, 2.75) is 31.8 Å². The third kappa shape index (κ3) is 2.95. The van der Waals surface area contributed by atoms with E-state index >= 15 is 0 Å². The second-order valence-corrected chi connectivity index (χ2v) is 4.74. The molecular weight excluding hydrogens is 212 g/mol. The molecule has 2 atom stereocenters. The van der Waals surface area contributed by atoms with Gasteiger partial charge < -0.3 is 10.2 Å². The summed E-state index contributed by atoms with van der Waals surface area (Å²) in [4.78, 5) is 6.35. The van der Waals surface area contributed by atoms with Gasteiger partial charge in [-0.15, -0.1) is 0 Å². The van der Waals surface area contributed by atoms with E-state index in [1.54, 1.807) is 6.20 Å². The van der Waals surface area contributed by atoms with Crippen molar-refractivity contribution in [3.05, 3.63) is 24.0 Å². The molecule has 2 heterocycles. The summed E-state index contributed by atoms with van der Waals surface area (Å²) in [5.41, 5.74) is 1.47. The fraction of sp³-hybridized carbons (Fsp3) is 0.538. The van der Waals surface area contributed by atoms with Crippen LogP contribution in [0.1, 0.15) is 25.5 Å². The quantitative estimate of drug-likeness (QED) is 0.842. The van der Waals surface area contributed by atoms with Gasteiger partial charge in [-0.1, -0.05) is 0 Å². The summed E-state index contributed by atoms with van der Waals surface area (Å²) in [6, 6.07) is 6.90. The van der Waals surface area contributed by atoms with Crippen molar-refractivity contribution >= 4 is 5.69 Å². The van der Waals surface area contributed by atoms with E-state index in [-0.39, 0.29) is 0 Å². The van der Waals surface area contributed by atoms with Gasteiger partial charge in [-0.3, -0.25) is 0 Å². The van der Waals surface area contributed by atoms with Crippen LogP contribution in [0.5, 0.6) is 0 Å². The van der Waals surface area contributed by atoms with E-state index in [2.05, 4.69) is 35.2 Å². The monoisotopic (exact) mass is 230 g/mol. The minimum atomic E-state index is 0.468. The highest BCUT2D eigenvalue weighted by Crippen LogP contribution is 2.19. The first kappa shape index (κ1) is 11.9. The molecule has 0 bridgehead atoms. The van der Waals surface area contributed by atoms with Crippen LogP contribution in [0.4, 0.5) is 5.69 Å². The average molecular weight is 230 g/mol. The Morgan fingerprint density at radius 1 is 1.59 bits per heavy atom. The number of likely N-dealkylation sites (tertiary alicyclic amines) is 1. The van der Waals surface area contributed by atoms with Crippen molar-refractivity contribution in [3.63, 3.8) is 0 Å². The van der Waals surface area contributed by atoms with Gasteiger partial charge in [0.05, 0.1) is 0 Å². The van der Waals surface area contributed by atoms with E-state index in [9.17, 15) is 0 Å². The Kier molecular flexibility index (Phi) is 3.60. The SMILES string of the molecule is CC1CC(Nc2ccnc(C#N)c2)CCN1C. The molecule has 1 aliphatic heterocycles. The number of piperidine rings is 1. The molecule has 2 unspecified atom stereocenters. The van der Waals surface area contributed by atoms with E-state index < -0.39 is 0 Å². The Hall–Kier alpha value is -1.60. The van der Waals surface area contributed by atoms with E-state index in [0.717, 1.165) is 25.1 Å². The standard InChI is InChI=1S/C13H18N4/c1-10-7-12(4-6-17(10)2)16-11-3-5-15-13(8-11)9-14/h3,5,8,10,12H,4,6-7H2,1-2H3,(H,15,16). The van der Waals surface area contributed by atoms with Crippen LogP contribution in [0.25, 0.3) is 0 Å². The molecule has 1 aromatic rings. The summed E-state index contributed by atoms with van der Waals surface area (Å²) in [6.45, 7) is 3.37. The summed E-state index contributed by atoms with van der Waals surface area (Å²) >= 11 is 0. The van der Waals surface area contributed by atoms with Gasteiger partial charge in [0.25, 0.3) is 0 Å². The van der Waals surface area contributed by atoms with Gasteiger partial charge in [0.15, 0.2) is 0 Å². The topological polar surface area (TPSA) is 52.0 Å². The van der Waals surface area contributed by atoms with Crippen LogP contribution in [-0.4, -0.2) is 35.6 Å². The zero-order valence-electron chi connectivity index (χ0n) is 10.3. The van der Waals surface area contributed by atoms with Crippen LogP contribution in [0, 0.1) is 11.3 Å². The number of aromatic nitrogens is 1. The van der Waals surface area contributed by atoms with E-state index in [1.807, 2.05) is 12.1 Å². The van der Waals surface area contributed by atoms with E-state index in [4.69, 9.17) is 5.26 Å². The zero-order valence-corrected chi connectivity index (χ0v) is 10.3. The summed E-state index contributed by atoms with van der Waals surface area (Å²) in [7, 11) is 2.17. The van der Waals surface area contributed by atoms with Crippen molar-refractivity contribution in [1.82, 2.24) is 9.88 Å². The number of nitrogens with zero attached hydrogens (tertiary/aromatic N) is 3. The zero-order chi connectivity index (χ0) is 12.3. The van der Waals surface area contributed by atoms with Crippen LogP contribution in [0.15, 0.2) is 18.3 Å². The summed E-state index contributed by atoms with van der Waals surface area (Å²) in [5.74, 6) is 0. The number of rotatable bonds is 2. The molecule has 1 aliphatic rings. The minimum absolute atomic E-state index is 0.468. The second kappa shape index (κ2) is 5.15. The molecule has 0 aromatic carbocycles. The fourth-order valence-corrected chi connectivity index (χ4v) is 2.24. The summed E-state index contributed by atoms with van der Waals surface area (Å²) in [5, 5.41) is 12.3. The molecule has 2 rings (SSSR count). The van der Waals surface area contributed by atoms with E-state index in [0.29, 0.717) is 17.8 Å². The van der Waals surface area contributed by atoms with Crippen molar-refractivity contribution in [2.24, 2.45) is 0 Å². The molecule has 4 nitrogen and oxygen atoms in total. The smallest absolute Gasteiger partial charge is 0.142 e. The molecule has 0 amide bonds. The molecule has 90 valence electrons. The Bertz CT molecular complexity index is 424. The number of anilines is 1. The lowest BCUT2D eigenvalue weighted by atomic mass is 9.99. The van der Waals surface area contributed by atoms with Crippen LogP contribution in [-0.2, 0) is 0 Å². The highest BCUT2D eigenvalue weighted by molar-refractivity contribution is 5.46. The van der Waals surface area contributed by atoms with Gasteiger partial charge in [0.1, 0.15) is 11.8 Å². The van der Waals surface area contributed by atoms with Gasteiger partial charge in [-0.05, 0) is 38.9 Å². The molecule has 0 spiro atoms. The molecule has 0 saturated carbocycles. The third-order valence-corrected chi connectivity index (χ3v) is 3.45. The molecule has 17 heavy (non-hydrogen) atoms. The minimum Gasteiger partial charge on any atom is -0.382 e. The Balaban J connectivity index is 1.99. The second-order valence-electron chi connectivity index (χ2n) is 4.74. The van der Waals surface area contributed by atoms with E-state index in [1.165, 1.54) is 0 Å². The largest absolute Gasteiger partial charge is 0.382 e. The molecule has 1 fully saturated rings. The summed E-state index contributed by atoms with van der Waals surface area (Å²) in [6.07, 6.45) is 3.96. The van der Waals surface area contributed by atoms with Crippen LogP contribution < -0.4 is 5.32 Å². The average Bonchev–Trinajstić information content (AvgIpc) is 2.34. The Labute approximate surface area is 102 Å². The molecule has 0 radical (unpaired) electrons. The van der Waals surface area contributed by atoms with Gasteiger partial charge in [0.2, 0.25) is 0 Å². The maximum atomic E-state index is 8.80. The van der Waals surface area contributed by atoms with Crippen LogP contribution in [0.3, 0.4) is 0 Å². The normalized spacial score (nSPS) is 25.2. The predicted octanol–water partition coefficient (Wildman–Crippen LogP) is 1.85. The van der Waals surface area contributed by atoms with Crippen molar-refractivity contribution in [2.75, 3.05) is 18.9 Å². The van der Waals surface area contributed by atoms with Gasteiger partial charge in [-0.2, -0.15) is 5.26 Å². The van der Waals surface area contributed by atoms with Gasteiger partial charge in [0, 0.05) is 30.5 Å². The fourth-order valence-electron chi connectivity index (χ4n) is 2.24. The highest BCUT2D eigenvalue weighted by atomic mass is 15.1. The van der Waals surface area contributed by atoms with Gasteiger partial charge >= 0.3 is 0 Å². The Morgan fingerprint density at radius 3 is 3.12 bits per heavy atom. The summed E-state index contributed by atoms with van der Waals surface area (Å²) < 4.78 is 0. The van der Waals surface area contributed by atoms with Crippen LogP contribution >= 0.6 is 0 Å². The lowest BCUT2D eigenvalue weighted by Crippen LogP contribution is -2.42. The molecule has 1 aromatic heterocycles. The first-order valence-corrected chi connectivity index (χ1v) is 6.02. The van der Waals surface area contributed by atoms with Gasteiger partial charge in [-0.25, -0.2) is 4.98 Å². The number of pyridine rings is 1. The lowest BCUT2D eigenvalue weighted by molar-refractivity contribution is 0.190. The first-order valence-electron chi connectivity index (χ1n) is 6.02. The molecule has 4 heteroatoms. The molecular formula is C13H18N4. The Morgan fingerprint density at radius 2 is 2.41 bits per heavy atom. The lowest BCUT2D eigenvalue weighted by Gasteiger charge is -2.35. The van der Waals surface area contributed by atoms with Crippen molar-refractivity contribution in [3.8, 4) is 6.07 Å². The predicted molar refractivity (Wildman–Crippen MR) is 67.7 cm³/mol. The number of nitrogens with one attached hydrogen (secondary N) is 1. The van der Waals surface area contributed by atoms with Crippen molar-refractivity contribution in [1.29, 1.82) is 5.26 Å². The highest BCUT2D eigenvalue weighted by Gasteiger charge is 2.22. The maximum Gasteiger partial charge on any atom is 0.142 e. The maximum absolute atomic E-state index is 8.80. The third-order valence-electron chi connectivity index (χ3n) is 3.45. The molecule has 1 N–H and O–H groups in total. The number of hydrogen-bond donors (Lipinski definition) is 1. The van der Waals surface area contributed by atoms with Crippen LogP contribution in [0.2, 0.25) is 0 Å². The number of hydrogen-bond acceptors (Lipinski definition) is 4. The first-order chi connectivity index (χ1) is 8.19. The molecule has 0 aliphatic carbocycles. The molecule has 1 saturated heterocycles. The number of nitriles is 1. The van der Waals surface area contributed by atoms with Crippen molar-refractivity contribution < 1.29 is 0 Å².